The van der Waals surface area contributed by atoms with Crippen LogP contribution in [0.4, 0.5) is 0 Å². The van der Waals surface area contributed by atoms with E-state index in [1.54, 1.807) is 6.07 Å². The van der Waals surface area contributed by atoms with Crippen molar-refractivity contribution in [2.75, 3.05) is 0 Å². The van der Waals surface area contributed by atoms with E-state index in [0.717, 1.165) is 22.9 Å². The lowest BCUT2D eigenvalue weighted by Gasteiger charge is -2.32. The molecule has 2 rings (SSSR count). The minimum Gasteiger partial charge on any atom is -0.507 e. The monoisotopic (exact) mass is 269 g/mol. The minimum atomic E-state index is -0.247. The van der Waals surface area contributed by atoms with Crippen LogP contribution < -0.4 is 5.73 Å². The Morgan fingerprint density at radius 2 is 2.00 bits per heavy atom. The van der Waals surface area contributed by atoms with E-state index in [1.807, 2.05) is 12.1 Å². The Labute approximate surface area is 98.6 Å². The van der Waals surface area contributed by atoms with E-state index in [1.165, 1.54) is 0 Å². The Morgan fingerprint density at radius 3 is 2.47 bits per heavy atom. The molecule has 1 fully saturated rings. The third-order valence-electron chi connectivity index (χ3n) is 3.48. The molecule has 3 N–H and O–H groups in total. The second kappa shape index (κ2) is 3.22. The fourth-order valence-electron chi connectivity index (χ4n) is 2.28. The van der Waals surface area contributed by atoms with Gasteiger partial charge in [-0.1, -0.05) is 12.1 Å². The van der Waals surface area contributed by atoms with Crippen LogP contribution in [0, 0.1) is 0 Å². The lowest BCUT2D eigenvalue weighted by Crippen LogP contribution is -2.45. The molecule has 2 nitrogen and oxygen atoms in total. The van der Waals surface area contributed by atoms with Gasteiger partial charge in [-0.05, 0) is 54.2 Å². The van der Waals surface area contributed by atoms with Crippen LogP contribution in [0.3, 0.4) is 0 Å². The van der Waals surface area contributed by atoms with Crippen LogP contribution in [-0.2, 0) is 5.41 Å². The second-order valence-electron chi connectivity index (χ2n) is 4.94. The van der Waals surface area contributed by atoms with Crippen LogP contribution in [0.1, 0.15) is 32.3 Å². The standard InChI is InChI=1S/C12H16BrNO/c1-11(2,14)12(6-7-12)8-4-3-5-9(15)10(8)13/h3-5,15H,6-7,14H2,1-2H3. The summed E-state index contributed by atoms with van der Waals surface area (Å²) in [6, 6.07) is 5.61. The number of nitrogens with two attached hydrogens (primary N) is 1. The summed E-state index contributed by atoms with van der Waals surface area (Å²) in [4.78, 5) is 0. The Kier molecular flexibility index (Phi) is 2.36. The SMILES string of the molecule is CC(C)(N)C1(c2cccc(O)c2Br)CC1. The van der Waals surface area contributed by atoms with Crippen LogP contribution in [0.25, 0.3) is 0 Å². The highest BCUT2D eigenvalue weighted by atomic mass is 79.9. The Bertz CT molecular complexity index is 391. The first-order valence-corrected chi connectivity index (χ1v) is 5.95. The maximum Gasteiger partial charge on any atom is 0.130 e. The summed E-state index contributed by atoms with van der Waals surface area (Å²) in [5.41, 5.74) is 7.14. The lowest BCUT2D eigenvalue weighted by molar-refractivity contribution is 0.387. The van der Waals surface area contributed by atoms with Crippen LogP contribution in [-0.4, -0.2) is 10.6 Å². The van der Waals surface area contributed by atoms with Crippen molar-refractivity contribution in [1.82, 2.24) is 0 Å². The first-order chi connectivity index (χ1) is 6.88. The number of phenols is 1. The highest BCUT2D eigenvalue weighted by Gasteiger charge is 2.54. The molecule has 0 heterocycles. The number of benzene rings is 1. The van der Waals surface area contributed by atoms with Gasteiger partial charge in [0.15, 0.2) is 0 Å². The van der Waals surface area contributed by atoms with Gasteiger partial charge in [0.2, 0.25) is 0 Å². The third kappa shape index (κ3) is 1.58. The zero-order valence-corrected chi connectivity index (χ0v) is 10.6. The molecule has 1 aliphatic rings. The van der Waals surface area contributed by atoms with Gasteiger partial charge in [0.05, 0.1) is 4.47 Å². The summed E-state index contributed by atoms with van der Waals surface area (Å²) in [7, 11) is 0. The molecule has 0 amide bonds. The summed E-state index contributed by atoms with van der Waals surface area (Å²) in [6.45, 7) is 4.10. The maximum absolute atomic E-state index is 9.67. The fourth-order valence-corrected chi connectivity index (χ4v) is 2.92. The Morgan fingerprint density at radius 1 is 1.40 bits per heavy atom. The molecule has 0 radical (unpaired) electrons. The average Bonchev–Trinajstić information content (AvgIpc) is 2.89. The summed E-state index contributed by atoms with van der Waals surface area (Å²) in [5.74, 6) is 0.294. The molecular formula is C12H16BrNO. The first kappa shape index (κ1) is 11.0. The number of aromatic hydroxyl groups is 1. The molecule has 1 aliphatic carbocycles. The molecule has 3 heteroatoms. The molecule has 0 aromatic heterocycles. The van der Waals surface area contributed by atoms with Crippen molar-refractivity contribution in [3.63, 3.8) is 0 Å². The molecule has 1 saturated carbocycles. The van der Waals surface area contributed by atoms with Crippen molar-refractivity contribution < 1.29 is 5.11 Å². The van der Waals surface area contributed by atoms with Gasteiger partial charge in [0.1, 0.15) is 5.75 Å². The highest BCUT2D eigenvalue weighted by Crippen LogP contribution is 2.57. The molecular weight excluding hydrogens is 254 g/mol. The van der Waals surface area contributed by atoms with Gasteiger partial charge in [0.25, 0.3) is 0 Å². The van der Waals surface area contributed by atoms with Crippen molar-refractivity contribution in [3.05, 3.63) is 28.2 Å². The Hall–Kier alpha value is -0.540. The predicted octanol–water partition coefficient (Wildman–Crippen LogP) is 2.92. The van der Waals surface area contributed by atoms with E-state index in [2.05, 4.69) is 29.8 Å². The van der Waals surface area contributed by atoms with E-state index in [-0.39, 0.29) is 11.0 Å². The van der Waals surface area contributed by atoms with Crippen LogP contribution in [0.15, 0.2) is 22.7 Å². The average molecular weight is 270 g/mol. The van der Waals surface area contributed by atoms with Gasteiger partial charge in [-0.2, -0.15) is 0 Å². The maximum atomic E-state index is 9.67. The zero-order valence-electron chi connectivity index (χ0n) is 9.05. The van der Waals surface area contributed by atoms with E-state index in [0.29, 0.717) is 5.75 Å². The molecule has 0 saturated heterocycles. The van der Waals surface area contributed by atoms with E-state index >= 15 is 0 Å². The van der Waals surface area contributed by atoms with Crippen LogP contribution >= 0.6 is 15.9 Å². The van der Waals surface area contributed by atoms with Crippen molar-refractivity contribution in [2.24, 2.45) is 5.73 Å². The summed E-state index contributed by atoms with van der Waals surface area (Å²) >= 11 is 3.44. The van der Waals surface area contributed by atoms with Crippen LogP contribution in [0.2, 0.25) is 0 Å². The molecule has 1 aromatic carbocycles. The normalized spacial score (nSPS) is 18.9. The van der Waals surface area contributed by atoms with Gasteiger partial charge in [-0.25, -0.2) is 0 Å². The topological polar surface area (TPSA) is 46.2 Å². The van der Waals surface area contributed by atoms with E-state index in [9.17, 15) is 5.11 Å². The molecule has 82 valence electrons. The molecule has 0 aliphatic heterocycles. The molecule has 0 spiro atoms. The number of halogens is 1. The van der Waals surface area contributed by atoms with Gasteiger partial charge in [-0.3, -0.25) is 0 Å². The summed E-state index contributed by atoms with van der Waals surface area (Å²) < 4.78 is 0.793. The molecule has 0 bridgehead atoms. The molecule has 0 atom stereocenters. The van der Waals surface area contributed by atoms with Gasteiger partial charge >= 0.3 is 0 Å². The highest BCUT2D eigenvalue weighted by molar-refractivity contribution is 9.10. The number of rotatable bonds is 2. The third-order valence-corrected chi connectivity index (χ3v) is 4.31. The van der Waals surface area contributed by atoms with Crippen molar-refractivity contribution in [2.45, 2.75) is 37.6 Å². The van der Waals surface area contributed by atoms with E-state index in [4.69, 9.17) is 5.73 Å². The first-order valence-electron chi connectivity index (χ1n) is 5.15. The largest absolute Gasteiger partial charge is 0.507 e. The molecule has 0 unspecified atom stereocenters. The Balaban J connectivity index is 2.51. The molecule has 1 aromatic rings. The van der Waals surface area contributed by atoms with Gasteiger partial charge < -0.3 is 10.8 Å². The lowest BCUT2D eigenvalue weighted by atomic mass is 9.79. The summed E-state index contributed by atoms with van der Waals surface area (Å²) in [5, 5.41) is 9.67. The van der Waals surface area contributed by atoms with E-state index < -0.39 is 0 Å². The number of hydrogen-bond acceptors (Lipinski definition) is 2. The quantitative estimate of drug-likeness (QED) is 0.868. The second-order valence-corrected chi connectivity index (χ2v) is 5.74. The summed E-state index contributed by atoms with van der Waals surface area (Å²) in [6.07, 6.45) is 2.19. The molecule has 15 heavy (non-hydrogen) atoms. The zero-order chi connectivity index (χ0) is 11.3. The number of phenolic OH excluding ortho intramolecular Hbond substituents is 1. The number of hydrogen-bond donors (Lipinski definition) is 2. The smallest absolute Gasteiger partial charge is 0.130 e. The minimum absolute atomic E-state index is 0.0323. The van der Waals surface area contributed by atoms with Crippen molar-refractivity contribution in [3.8, 4) is 5.75 Å². The van der Waals surface area contributed by atoms with Crippen molar-refractivity contribution >= 4 is 15.9 Å². The predicted molar refractivity (Wildman–Crippen MR) is 65.0 cm³/mol. The fraction of sp³-hybridized carbons (Fsp3) is 0.500. The van der Waals surface area contributed by atoms with Crippen molar-refractivity contribution in [1.29, 1.82) is 0 Å². The van der Waals surface area contributed by atoms with Gasteiger partial charge in [-0.15, -0.1) is 0 Å². The van der Waals surface area contributed by atoms with Crippen LogP contribution in [0.5, 0.6) is 5.75 Å². The van der Waals surface area contributed by atoms with Gasteiger partial charge in [0, 0.05) is 11.0 Å².